The van der Waals surface area contributed by atoms with Gasteiger partial charge in [-0.15, -0.1) is 0 Å². The second-order valence-corrected chi connectivity index (χ2v) is 6.53. The molecule has 0 unspecified atom stereocenters. The summed E-state index contributed by atoms with van der Waals surface area (Å²) in [5.74, 6) is 0. The number of pyridine rings is 2. The molecule has 0 aliphatic heterocycles. The molecule has 0 aliphatic rings. The standard InChI is InChI=1S/C23H14N2/c1-3-9-21-16(6-1)13-23-19-12-15-7-5-11-24-20(15)14-18(19)17-8-2-4-10-22(17)25(21)23/h1-14H. The van der Waals surface area contributed by atoms with Crippen molar-refractivity contribution in [2.24, 2.45) is 0 Å². The van der Waals surface area contributed by atoms with Crippen LogP contribution < -0.4 is 0 Å². The molecule has 0 saturated carbocycles. The molecule has 0 bridgehead atoms. The molecule has 0 saturated heterocycles. The van der Waals surface area contributed by atoms with E-state index in [0.717, 1.165) is 5.52 Å². The fourth-order valence-corrected chi connectivity index (χ4v) is 4.06. The number of nitrogens with zero attached hydrogens (tertiary/aromatic N) is 2. The average Bonchev–Trinajstić information content (AvgIpc) is 3.07. The van der Waals surface area contributed by atoms with E-state index in [9.17, 15) is 0 Å². The quantitative estimate of drug-likeness (QED) is 0.250. The number of fused-ring (bicyclic) bond motifs is 9. The lowest BCUT2D eigenvalue weighted by Crippen LogP contribution is -1.91. The summed E-state index contributed by atoms with van der Waals surface area (Å²) in [5, 5.41) is 6.25. The molecule has 3 aromatic carbocycles. The van der Waals surface area contributed by atoms with Gasteiger partial charge in [0, 0.05) is 27.7 Å². The molecule has 3 heterocycles. The van der Waals surface area contributed by atoms with Gasteiger partial charge in [-0.2, -0.15) is 0 Å². The van der Waals surface area contributed by atoms with E-state index >= 15 is 0 Å². The second kappa shape index (κ2) is 4.58. The Labute approximate surface area is 143 Å². The monoisotopic (exact) mass is 318 g/mol. The van der Waals surface area contributed by atoms with E-state index in [-0.39, 0.29) is 0 Å². The van der Waals surface area contributed by atoms with E-state index < -0.39 is 0 Å². The second-order valence-electron chi connectivity index (χ2n) is 6.53. The topological polar surface area (TPSA) is 17.3 Å². The molecular formula is C23H14N2. The summed E-state index contributed by atoms with van der Waals surface area (Å²) in [5.41, 5.74) is 4.78. The van der Waals surface area contributed by atoms with Gasteiger partial charge < -0.3 is 4.40 Å². The first-order valence-corrected chi connectivity index (χ1v) is 8.49. The first kappa shape index (κ1) is 13.0. The Balaban J connectivity index is 2.01. The van der Waals surface area contributed by atoms with Crippen molar-refractivity contribution in [2.45, 2.75) is 0 Å². The van der Waals surface area contributed by atoms with Crippen molar-refractivity contribution < 1.29 is 0 Å². The first-order chi connectivity index (χ1) is 12.4. The van der Waals surface area contributed by atoms with E-state index in [2.05, 4.69) is 82.2 Å². The maximum atomic E-state index is 4.55. The molecule has 0 spiro atoms. The molecule has 3 aromatic heterocycles. The Bertz CT molecular complexity index is 1440. The summed E-state index contributed by atoms with van der Waals surface area (Å²) in [4.78, 5) is 4.55. The predicted octanol–water partition coefficient (Wildman–Crippen LogP) is 5.95. The van der Waals surface area contributed by atoms with E-state index in [1.165, 1.54) is 43.5 Å². The number of rotatable bonds is 0. The van der Waals surface area contributed by atoms with Gasteiger partial charge in [0.05, 0.1) is 22.1 Å². The third kappa shape index (κ3) is 1.66. The van der Waals surface area contributed by atoms with Crippen LogP contribution in [0.15, 0.2) is 85.1 Å². The van der Waals surface area contributed by atoms with E-state index in [1.54, 1.807) is 0 Å². The van der Waals surface area contributed by atoms with Crippen LogP contribution in [0.4, 0.5) is 0 Å². The molecular weight excluding hydrogens is 304 g/mol. The minimum absolute atomic E-state index is 1.04. The molecule has 0 N–H and O–H groups in total. The molecule has 6 aromatic rings. The lowest BCUT2D eigenvalue weighted by molar-refractivity contribution is 1.35. The van der Waals surface area contributed by atoms with E-state index in [1.807, 2.05) is 12.3 Å². The lowest BCUT2D eigenvalue weighted by Gasteiger charge is -2.11. The zero-order chi connectivity index (χ0) is 16.4. The summed E-state index contributed by atoms with van der Waals surface area (Å²) >= 11 is 0. The molecule has 2 heteroatoms. The number of hydrogen-bond acceptors (Lipinski definition) is 1. The van der Waals surface area contributed by atoms with Gasteiger partial charge in [0.25, 0.3) is 0 Å². The SMILES string of the molecule is c1cnc2cc3c4ccccc4n4c5ccccc5cc4c3cc2c1. The average molecular weight is 318 g/mol. The molecule has 25 heavy (non-hydrogen) atoms. The molecule has 116 valence electrons. The van der Waals surface area contributed by atoms with Crippen molar-refractivity contribution in [1.29, 1.82) is 0 Å². The van der Waals surface area contributed by atoms with E-state index in [0.29, 0.717) is 0 Å². The summed E-state index contributed by atoms with van der Waals surface area (Å²) in [7, 11) is 0. The lowest BCUT2D eigenvalue weighted by atomic mass is 10.0. The predicted molar refractivity (Wildman–Crippen MR) is 105 cm³/mol. The fraction of sp³-hybridized carbons (Fsp3) is 0. The number of para-hydroxylation sites is 2. The molecule has 0 amide bonds. The Morgan fingerprint density at radius 3 is 2.32 bits per heavy atom. The minimum atomic E-state index is 1.04. The Morgan fingerprint density at radius 1 is 0.560 bits per heavy atom. The molecule has 0 fully saturated rings. The minimum Gasteiger partial charge on any atom is -0.309 e. The van der Waals surface area contributed by atoms with Gasteiger partial charge in [-0.3, -0.25) is 4.98 Å². The molecule has 6 rings (SSSR count). The Morgan fingerprint density at radius 2 is 1.36 bits per heavy atom. The van der Waals surface area contributed by atoms with Crippen LogP contribution in [0.5, 0.6) is 0 Å². The smallest absolute Gasteiger partial charge is 0.0708 e. The molecule has 2 nitrogen and oxygen atoms in total. The Hall–Kier alpha value is -3.39. The first-order valence-electron chi connectivity index (χ1n) is 8.49. The van der Waals surface area contributed by atoms with Gasteiger partial charge in [0.1, 0.15) is 0 Å². The van der Waals surface area contributed by atoms with Crippen LogP contribution in [-0.2, 0) is 0 Å². The van der Waals surface area contributed by atoms with Crippen LogP contribution in [-0.4, -0.2) is 9.38 Å². The largest absolute Gasteiger partial charge is 0.309 e. The van der Waals surface area contributed by atoms with Gasteiger partial charge >= 0.3 is 0 Å². The van der Waals surface area contributed by atoms with E-state index in [4.69, 9.17) is 0 Å². The maximum absolute atomic E-state index is 4.55. The number of benzene rings is 3. The Kier molecular flexibility index (Phi) is 2.37. The van der Waals surface area contributed by atoms with Gasteiger partial charge in [0.15, 0.2) is 0 Å². The van der Waals surface area contributed by atoms with Crippen molar-refractivity contribution >= 4 is 49.0 Å². The van der Waals surface area contributed by atoms with Crippen LogP contribution in [0.2, 0.25) is 0 Å². The maximum Gasteiger partial charge on any atom is 0.0708 e. The molecule has 0 atom stereocenters. The highest BCUT2D eigenvalue weighted by Gasteiger charge is 2.12. The highest BCUT2D eigenvalue weighted by Crippen LogP contribution is 2.35. The number of hydrogen-bond donors (Lipinski definition) is 0. The van der Waals surface area contributed by atoms with Crippen molar-refractivity contribution in [2.75, 3.05) is 0 Å². The zero-order valence-electron chi connectivity index (χ0n) is 13.5. The van der Waals surface area contributed by atoms with Crippen LogP contribution in [0.1, 0.15) is 0 Å². The number of aromatic nitrogens is 2. The van der Waals surface area contributed by atoms with Crippen molar-refractivity contribution in [3.8, 4) is 0 Å². The van der Waals surface area contributed by atoms with Gasteiger partial charge in [-0.25, -0.2) is 0 Å². The molecule has 0 aliphatic carbocycles. The third-order valence-corrected chi connectivity index (χ3v) is 5.16. The highest BCUT2D eigenvalue weighted by atomic mass is 14.9. The van der Waals surface area contributed by atoms with Crippen LogP contribution in [0.3, 0.4) is 0 Å². The summed E-state index contributed by atoms with van der Waals surface area (Å²) in [6.45, 7) is 0. The van der Waals surface area contributed by atoms with Crippen LogP contribution >= 0.6 is 0 Å². The zero-order valence-corrected chi connectivity index (χ0v) is 13.5. The van der Waals surface area contributed by atoms with Crippen molar-refractivity contribution in [1.82, 2.24) is 9.38 Å². The van der Waals surface area contributed by atoms with Crippen LogP contribution in [0.25, 0.3) is 49.0 Å². The summed E-state index contributed by atoms with van der Waals surface area (Å²) in [6, 6.07) is 28.2. The normalized spacial score (nSPS) is 12.0. The fourth-order valence-electron chi connectivity index (χ4n) is 4.06. The van der Waals surface area contributed by atoms with Gasteiger partial charge in [-0.05, 0) is 41.8 Å². The highest BCUT2D eigenvalue weighted by molar-refractivity contribution is 6.18. The molecule has 0 radical (unpaired) electrons. The van der Waals surface area contributed by atoms with Crippen LogP contribution in [0, 0.1) is 0 Å². The van der Waals surface area contributed by atoms with Gasteiger partial charge in [0.2, 0.25) is 0 Å². The summed E-state index contributed by atoms with van der Waals surface area (Å²) < 4.78 is 2.38. The van der Waals surface area contributed by atoms with Crippen molar-refractivity contribution in [3.05, 3.63) is 85.1 Å². The van der Waals surface area contributed by atoms with Gasteiger partial charge in [-0.1, -0.05) is 42.5 Å². The van der Waals surface area contributed by atoms with Crippen molar-refractivity contribution in [3.63, 3.8) is 0 Å². The summed E-state index contributed by atoms with van der Waals surface area (Å²) in [6.07, 6.45) is 1.86. The third-order valence-electron chi connectivity index (χ3n) is 5.16.